The van der Waals surface area contributed by atoms with E-state index in [-0.39, 0.29) is 4.90 Å². The van der Waals surface area contributed by atoms with E-state index < -0.39 is 32.0 Å². The molecule has 0 aromatic heterocycles. The van der Waals surface area contributed by atoms with E-state index >= 15 is 0 Å². The third-order valence-electron chi connectivity index (χ3n) is 5.36. The van der Waals surface area contributed by atoms with E-state index in [0.717, 1.165) is 26.2 Å². The van der Waals surface area contributed by atoms with Crippen LogP contribution in [0.5, 0.6) is 0 Å². The smallest absolute Gasteiger partial charge is 0.261 e. The molecular formula is C24H26BrN3O5S2. The van der Waals surface area contributed by atoms with Gasteiger partial charge in [0.1, 0.15) is 6.04 Å². The molecule has 0 aliphatic heterocycles. The van der Waals surface area contributed by atoms with Gasteiger partial charge in [-0.1, -0.05) is 22.0 Å². The SMILES string of the molecule is Cc1ccc(N([C@@H](C)C(=O)Nc2ccc(S(=O)(=O)Nc3ccc(Br)cc3)cc2)S(C)(=O)=O)cc1C. The van der Waals surface area contributed by atoms with Crippen molar-refractivity contribution in [2.45, 2.75) is 31.7 Å². The topological polar surface area (TPSA) is 113 Å². The van der Waals surface area contributed by atoms with Crippen molar-refractivity contribution >= 4 is 58.9 Å². The van der Waals surface area contributed by atoms with Crippen LogP contribution in [0, 0.1) is 13.8 Å². The number of nitrogens with one attached hydrogen (secondary N) is 2. The van der Waals surface area contributed by atoms with Gasteiger partial charge in [-0.25, -0.2) is 16.8 Å². The second-order valence-electron chi connectivity index (χ2n) is 8.13. The van der Waals surface area contributed by atoms with Gasteiger partial charge in [-0.15, -0.1) is 0 Å². The largest absolute Gasteiger partial charge is 0.324 e. The maximum absolute atomic E-state index is 12.9. The second-order valence-corrected chi connectivity index (χ2v) is 12.6. The minimum atomic E-state index is -3.83. The van der Waals surface area contributed by atoms with Gasteiger partial charge in [0.15, 0.2) is 0 Å². The fourth-order valence-electron chi connectivity index (χ4n) is 3.37. The molecule has 3 aromatic rings. The number of benzene rings is 3. The van der Waals surface area contributed by atoms with Gasteiger partial charge in [-0.05, 0) is 92.6 Å². The first-order valence-corrected chi connectivity index (χ1v) is 14.7. The maximum Gasteiger partial charge on any atom is 0.261 e. The average molecular weight is 581 g/mol. The van der Waals surface area contributed by atoms with Crippen molar-refractivity contribution < 1.29 is 21.6 Å². The highest BCUT2D eigenvalue weighted by Crippen LogP contribution is 2.25. The van der Waals surface area contributed by atoms with Gasteiger partial charge >= 0.3 is 0 Å². The van der Waals surface area contributed by atoms with Crippen LogP contribution in [0.15, 0.2) is 76.1 Å². The monoisotopic (exact) mass is 579 g/mol. The van der Waals surface area contributed by atoms with Crippen LogP contribution >= 0.6 is 15.9 Å². The van der Waals surface area contributed by atoms with Gasteiger partial charge < -0.3 is 5.32 Å². The van der Waals surface area contributed by atoms with Crippen molar-refractivity contribution in [2.75, 3.05) is 20.6 Å². The van der Waals surface area contributed by atoms with Crippen molar-refractivity contribution in [1.82, 2.24) is 0 Å². The van der Waals surface area contributed by atoms with Gasteiger partial charge in [-0.2, -0.15) is 0 Å². The number of anilines is 3. The Hall–Kier alpha value is -2.89. The van der Waals surface area contributed by atoms with E-state index in [9.17, 15) is 21.6 Å². The van der Waals surface area contributed by atoms with Crippen LogP contribution < -0.4 is 14.3 Å². The summed E-state index contributed by atoms with van der Waals surface area (Å²) in [5.41, 5.74) is 3.03. The van der Waals surface area contributed by atoms with Crippen molar-refractivity contribution in [3.8, 4) is 0 Å². The Morgan fingerprint density at radius 2 is 1.43 bits per heavy atom. The lowest BCUT2D eigenvalue weighted by molar-refractivity contribution is -0.116. The molecule has 0 aliphatic carbocycles. The highest BCUT2D eigenvalue weighted by atomic mass is 79.9. The van der Waals surface area contributed by atoms with E-state index in [2.05, 4.69) is 26.0 Å². The van der Waals surface area contributed by atoms with E-state index in [1.54, 1.807) is 42.5 Å². The van der Waals surface area contributed by atoms with E-state index in [4.69, 9.17) is 0 Å². The first-order chi connectivity index (χ1) is 16.3. The Bertz CT molecular complexity index is 1440. The molecule has 11 heteroatoms. The van der Waals surface area contributed by atoms with Gasteiger partial charge in [0.25, 0.3) is 10.0 Å². The molecule has 0 fully saturated rings. The summed E-state index contributed by atoms with van der Waals surface area (Å²) in [6, 6.07) is 16.4. The molecule has 1 atom stereocenters. The number of carbonyl (C=O) groups is 1. The molecule has 8 nitrogen and oxygen atoms in total. The summed E-state index contributed by atoms with van der Waals surface area (Å²) in [4.78, 5) is 12.9. The lowest BCUT2D eigenvalue weighted by Gasteiger charge is -2.28. The van der Waals surface area contributed by atoms with Gasteiger partial charge in [0, 0.05) is 15.8 Å². The van der Waals surface area contributed by atoms with Crippen LogP contribution in [0.25, 0.3) is 0 Å². The van der Waals surface area contributed by atoms with Crippen LogP contribution in [-0.4, -0.2) is 35.0 Å². The van der Waals surface area contributed by atoms with Crippen LogP contribution in [0.3, 0.4) is 0 Å². The zero-order valence-electron chi connectivity index (χ0n) is 19.6. The average Bonchev–Trinajstić information content (AvgIpc) is 2.77. The summed E-state index contributed by atoms with van der Waals surface area (Å²) >= 11 is 3.30. The van der Waals surface area contributed by atoms with Crippen LogP contribution in [0.4, 0.5) is 17.1 Å². The van der Waals surface area contributed by atoms with E-state index in [1.807, 2.05) is 13.8 Å². The molecule has 3 aromatic carbocycles. The number of sulfonamides is 2. The first kappa shape index (κ1) is 26.7. The summed E-state index contributed by atoms with van der Waals surface area (Å²) < 4.78 is 54.7. The van der Waals surface area contributed by atoms with E-state index in [0.29, 0.717) is 17.1 Å². The van der Waals surface area contributed by atoms with Crippen molar-refractivity contribution in [2.24, 2.45) is 0 Å². The number of carbonyl (C=O) groups excluding carboxylic acids is 1. The quantitative estimate of drug-likeness (QED) is 0.403. The molecule has 0 heterocycles. The fourth-order valence-corrected chi connectivity index (χ4v) is 5.86. The first-order valence-electron chi connectivity index (χ1n) is 10.5. The molecule has 0 aliphatic rings. The van der Waals surface area contributed by atoms with Crippen molar-refractivity contribution in [3.63, 3.8) is 0 Å². The summed E-state index contributed by atoms with van der Waals surface area (Å²) in [5.74, 6) is -0.558. The summed E-state index contributed by atoms with van der Waals surface area (Å²) in [6.45, 7) is 5.27. The molecule has 0 spiro atoms. The molecule has 0 unspecified atom stereocenters. The summed E-state index contributed by atoms with van der Waals surface area (Å²) in [6.07, 6.45) is 1.05. The Kier molecular flexibility index (Phi) is 7.93. The molecule has 2 N–H and O–H groups in total. The number of halogens is 1. The normalized spacial score (nSPS) is 12.6. The second kappa shape index (κ2) is 10.4. The predicted molar refractivity (Wildman–Crippen MR) is 143 cm³/mol. The Morgan fingerprint density at radius 3 is 1.97 bits per heavy atom. The van der Waals surface area contributed by atoms with Crippen LogP contribution in [0.2, 0.25) is 0 Å². The molecule has 0 saturated carbocycles. The Morgan fingerprint density at radius 1 is 0.857 bits per heavy atom. The fraction of sp³-hybridized carbons (Fsp3) is 0.208. The molecule has 0 saturated heterocycles. The van der Waals surface area contributed by atoms with Gasteiger partial charge in [0.2, 0.25) is 15.9 Å². The van der Waals surface area contributed by atoms with Gasteiger partial charge in [-0.3, -0.25) is 13.8 Å². The van der Waals surface area contributed by atoms with Crippen molar-refractivity contribution in [3.05, 3.63) is 82.3 Å². The minimum Gasteiger partial charge on any atom is -0.324 e. The number of rotatable bonds is 8. The number of hydrogen-bond acceptors (Lipinski definition) is 5. The predicted octanol–water partition coefficient (Wildman–Crippen LogP) is 4.66. The zero-order chi connectivity index (χ0) is 26.0. The number of amides is 1. The minimum absolute atomic E-state index is 0.0133. The highest BCUT2D eigenvalue weighted by molar-refractivity contribution is 9.10. The number of nitrogens with zero attached hydrogens (tertiary/aromatic N) is 1. The molecule has 35 heavy (non-hydrogen) atoms. The standard InChI is InChI=1S/C24H26BrN3O5S2/c1-16-5-12-22(15-17(16)2)28(34(4,30)31)18(3)24(29)26-20-10-13-23(14-11-20)35(32,33)27-21-8-6-19(25)7-9-21/h5-15,18,27H,1-4H3,(H,26,29)/t18-/m0/s1. The van der Waals surface area contributed by atoms with Crippen molar-refractivity contribution in [1.29, 1.82) is 0 Å². The van der Waals surface area contributed by atoms with Gasteiger partial charge in [0.05, 0.1) is 16.8 Å². The number of hydrogen-bond donors (Lipinski definition) is 2. The van der Waals surface area contributed by atoms with Crippen LogP contribution in [-0.2, 0) is 24.8 Å². The zero-order valence-corrected chi connectivity index (χ0v) is 22.8. The van der Waals surface area contributed by atoms with E-state index in [1.165, 1.54) is 31.2 Å². The molecule has 3 rings (SSSR count). The van der Waals surface area contributed by atoms with Crippen LogP contribution in [0.1, 0.15) is 18.1 Å². The molecular weight excluding hydrogens is 554 g/mol. The highest BCUT2D eigenvalue weighted by Gasteiger charge is 2.29. The molecule has 0 bridgehead atoms. The molecule has 1 amide bonds. The molecule has 186 valence electrons. The summed E-state index contributed by atoms with van der Waals surface area (Å²) in [5, 5.41) is 2.66. The molecule has 0 radical (unpaired) electrons. The maximum atomic E-state index is 12.9. The lowest BCUT2D eigenvalue weighted by atomic mass is 10.1. The lowest BCUT2D eigenvalue weighted by Crippen LogP contribution is -2.45. The Labute approximate surface area is 214 Å². The third kappa shape index (κ3) is 6.62. The summed E-state index contributed by atoms with van der Waals surface area (Å²) in [7, 11) is -7.59. The Balaban J connectivity index is 1.77. The number of aryl methyl sites for hydroxylation is 2. The third-order valence-corrected chi connectivity index (χ3v) is 8.53.